The van der Waals surface area contributed by atoms with Gasteiger partial charge in [-0.05, 0) is 27.2 Å². The van der Waals surface area contributed by atoms with Gasteiger partial charge in [0.25, 0.3) is 0 Å². The van der Waals surface area contributed by atoms with Crippen LogP contribution in [0, 0.1) is 0 Å². The highest BCUT2D eigenvalue weighted by atomic mass is 16.3. The molecule has 1 heterocycles. The first kappa shape index (κ1) is 18.4. The molecule has 1 aliphatic rings. The van der Waals surface area contributed by atoms with Gasteiger partial charge in [0.05, 0.1) is 11.6 Å². The van der Waals surface area contributed by atoms with Crippen LogP contribution in [0.5, 0.6) is 0 Å². The largest absolute Gasteiger partial charge is 0.389 e. The second-order valence-electron chi connectivity index (χ2n) is 6.80. The highest BCUT2D eigenvalue weighted by molar-refractivity contribution is 5.81. The highest BCUT2D eigenvalue weighted by Crippen LogP contribution is 2.10. The van der Waals surface area contributed by atoms with E-state index in [1.54, 1.807) is 0 Å². The number of nitrogens with one attached hydrogen (secondary N) is 1. The van der Waals surface area contributed by atoms with E-state index in [0.29, 0.717) is 6.54 Å². The quantitative estimate of drug-likeness (QED) is 0.658. The van der Waals surface area contributed by atoms with Gasteiger partial charge >= 0.3 is 0 Å². The van der Waals surface area contributed by atoms with Crippen molar-refractivity contribution in [1.82, 2.24) is 15.1 Å². The second-order valence-corrected chi connectivity index (χ2v) is 6.80. The van der Waals surface area contributed by atoms with Crippen LogP contribution in [0.25, 0.3) is 0 Å². The predicted molar refractivity (Wildman–Crippen MR) is 86.3 cm³/mol. The summed E-state index contributed by atoms with van der Waals surface area (Å²) in [6.07, 6.45) is 3.41. The van der Waals surface area contributed by atoms with Gasteiger partial charge in [-0.15, -0.1) is 0 Å². The minimum atomic E-state index is -0.648. The molecule has 1 saturated heterocycles. The molecule has 1 unspecified atom stereocenters. The van der Waals surface area contributed by atoms with E-state index in [9.17, 15) is 9.90 Å². The monoisotopic (exact) mass is 299 g/mol. The molecule has 0 radical (unpaired) electrons. The Morgan fingerprint density at radius 3 is 2.38 bits per heavy atom. The van der Waals surface area contributed by atoms with E-state index in [2.05, 4.69) is 22.0 Å². The van der Waals surface area contributed by atoms with E-state index in [1.165, 1.54) is 12.8 Å². The molecule has 1 amide bonds. The van der Waals surface area contributed by atoms with Gasteiger partial charge in [0.1, 0.15) is 0 Å². The molecule has 21 heavy (non-hydrogen) atoms. The number of hydrogen-bond acceptors (Lipinski definition) is 4. The van der Waals surface area contributed by atoms with E-state index in [4.69, 9.17) is 0 Å². The fourth-order valence-corrected chi connectivity index (χ4v) is 2.76. The van der Waals surface area contributed by atoms with Gasteiger partial charge in [0.15, 0.2) is 0 Å². The topological polar surface area (TPSA) is 55.8 Å². The number of carbonyl (C=O) groups excluding carboxylic acids is 1. The third-order valence-corrected chi connectivity index (χ3v) is 4.02. The molecule has 1 rings (SSSR count). The van der Waals surface area contributed by atoms with Crippen molar-refractivity contribution in [3.05, 3.63) is 0 Å². The van der Waals surface area contributed by atoms with Crippen molar-refractivity contribution in [3.63, 3.8) is 0 Å². The van der Waals surface area contributed by atoms with Crippen molar-refractivity contribution in [2.24, 2.45) is 0 Å². The molecule has 0 aromatic heterocycles. The van der Waals surface area contributed by atoms with Gasteiger partial charge in [-0.25, -0.2) is 0 Å². The lowest BCUT2D eigenvalue weighted by Crippen LogP contribution is -2.55. The standard InChI is InChI=1S/C16H33N3O2/c1-5-6-7-8-17-15(20)14(2)19-11-9-18(10-12-19)13-16(3,4)21/h14,21H,5-13H2,1-4H3,(H,17,20). The maximum Gasteiger partial charge on any atom is 0.237 e. The number of piperazine rings is 1. The lowest BCUT2D eigenvalue weighted by molar-refractivity contribution is -0.126. The van der Waals surface area contributed by atoms with Crippen LogP contribution in [0.15, 0.2) is 0 Å². The molecule has 2 N–H and O–H groups in total. The predicted octanol–water partition coefficient (Wildman–Crippen LogP) is 1.07. The summed E-state index contributed by atoms with van der Waals surface area (Å²) in [6, 6.07) is -0.0593. The van der Waals surface area contributed by atoms with Crippen molar-refractivity contribution in [3.8, 4) is 0 Å². The van der Waals surface area contributed by atoms with Gasteiger partial charge in [-0.2, -0.15) is 0 Å². The maximum atomic E-state index is 12.1. The number of rotatable bonds is 8. The molecule has 0 aromatic rings. The molecule has 0 aromatic carbocycles. The van der Waals surface area contributed by atoms with E-state index >= 15 is 0 Å². The lowest BCUT2D eigenvalue weighted by atomic mass is 10.1. The smallest absolute Gasteiger partial charge is 0.237 e. The molecule has 0 aliphatic carbocycles. The van der Waals surface area contributed by atoms with Crippen LogP contribution in [-0.4, -0.2) is 71.7 Å². The van der Waals surface area contributed by atoms with Crippen molar-refractivity contribution in [2.75, 3.05) is 39.3 Å². The summed E-state index contributed by atoms with van der Waals surface area (Å²) in [4.78, 5) is 16.6. The third-order valence-electron chi connectivity index (χ3n) is 4.02. The summed E-state index contributed by atoms with van der Waals surface area (Å²) >= 11 is 0. The van der Waals surface area contributed by atoms with Crippen molar-refractivity contribution in [1.29, 1.82) is 0 Å². The summed E-state index contributed by atoms with van der Waals surface area (Å²) < 4.78 is 0. The zero-order valence-electron chi connectivity index (χ0n) is 14.2. The molecule has 0 spiro atoms. The fraction of sp³-hybridized carbons (Fsp3) is 0.938. The molecule has 1 fully saturated rings. The van der Waals surface area contributed by atoms with Crippen molar-refractivity contribution in [2.45, 2.75) is 58.6 Å². The summed E-state index contributed by atoms with van der Waals surface area (Å²) in [6.45, 7) is 12.9. The number of nitrogens with zero attached hydrogens (tertiary/aromatic N) is 2. The number of unbranched alkanes of at least 4 members (excludes halogenated alkanes) is 2. The van der Waals surface area contributed by atoms with Crippen LogP contribution >= 0.6 is 0 Å². The lowest BCUT2D eigenvalue weighted by Gasteiger charge is -2.39. The molecular formula is C16H33N3O2. The third kappa shape index (κ3) is 7.25. The van der Waals surface area contributed by atoms with Crippen molar-refractivity contribution >= 4 is 5.91 Å². The Bertz CT molecular complexity index is 307. The van der Waals surface area contributed by atoms with Gasteiger partial charge in [-0.1, -0.05) is 19.8 Å². The normalized spacial score (nSPS) is 19.5. The Hall–Kier alpha value is -0.650. The first-order chi connectivity index (χ1) is 9.83. The van der Waals surface area contributed by atoms with E-state index in [0.717, 1.165) is 39.1 Å². The summed E-state index contributed by atoms with van der Waals surface area (Å²) in [7, 11) is 0. The second kappa shape index (κ2) is 8.71. The van der Waals surface area contributed by atoms with E-state index < -0.39 is 5.60 Å². The first-order valence-corrected chi connectivity index (χ1v) is 8.30. The molecular weight excluding hydrogens is 266 g/mol. The van der Waals surface area contributed by atoms with Crippen LogP contribution in [0.4, 0.5) is 0 Å². The van der Waals surface area contributed by atoms with E-state index in [-0.39, 0.29) is 11.9 Å². The number of hydrogen-bond donors (Lipinski definition) is 2. The van der Waals surface area contributed by atoms with Crippen LogP contribution in [0.1, 0.15) is 47.0 Å². The minimum Gasteiger partial charge on any atom is -0.389 e. The van der Waals surface area contributed by atoms with Crippen LogP contribution in [-0.2, 0) is 4.79 Å². The highest BCUT2D eigenvalue weighted by Gasteiger charge is 2.27. The Morgan fingerprint density at radius 2 is 1.86 bits per heavy atom. The number of aliphatic hydroxyl groups is 1. The summed E-state index contributed by atoms with van der Waals surface area (Å²) in [5.74, 6) is 0.141. The maximum absolute atomic E-state index is 12.1. The zero-order valence-corrected chi connectivity index (χ0v) is 14.2. The Kier molecular flexibility index (Phi) is 7.63. The van der Waals surface area contributed by atoms with Crippen molar-refractivity contribution < 1.29 is 9.90 Å². The van der Waals surface area contributed by atoms with Gasteiger partial charge in [0.2, 0.25) is 5.91 Å². The summed E-state index contributed by atoms with van der Waals surface area (Å²) in [5, 5.41) is 12.9. The number of carbonyl (C=O) groups is 1. The molecule has 1 aliphatic heterocycles. The molecule has 124 valence electrons. The molecule has 0 saturated carbocycles. The van der Waals surface area contributed by atoms with Crippen LogP contribution in [0.3, 0.4) is 0 Å². The average molecular weight is 299 g/mol. The molecule has 5 nitrogen and oxygen atoms in total. The number of amides is 1. The SMILES string of the molecule is CCCCCNC(=O)C(C)N1CCN(CC(C)(C)O)CC1. The summed E-state index contributed by atoms with van der Waals surface area (Å²) in [5.41, 5.74) is -0.648. The molecule has 5 heteroatoms. The minimum absolute atomic E-state index is 0.0593. The van der Waals surface area contributed by atoms with Gasteiger partial charge in [0, 0.05) is 39.3 Å². The molecule has 0 bridgehead atoms. The average Bonchev–Trinajstić information content (AvgIpc) is 2.41. The van der Waals surface area contributed by atoms with Crippen LogP contribution < -0.4 is 5.32 Å². The van der Waals surface area contributed by atoms with Gasteiger partial charge in [-0.3, -0.25) is 14.6 Å². The Labute approximate surface area is 129 Å². The number of β-amino-alcohol motifs (C(OH)–C–C–N with tert-alkyl or cyclic N) is 1. The Balaban J connectivity index is 2.27. The zero-order chi connectivity index (χ0) is 15.9. The van der Waals surface area contributed by atoms with Crippen LogP contribution in [0.2, 0.25) is 0 Å². The van der Waals surface area contributed by atoms with Gasteiger partial charge < -0.3 is 10.4 Å². The molecule has 1 atom stereocenters. The Morgan fingerprint density at radius 1 is 1.24 bits per heavy atom. The fourth-order valence-electron chi connectivity index (χ4n) is 2.76. The van der Waals surface area contributed by atoms with E-state index in [1.807, 2.05) is 20.8 Å². The first-order valence-electron chi connectivity index (χ1n) is 8.30.